The minimum atomic E-state index is -0.121. The minimum absolute atomic E-state index is 0.121. The van der Waals surface area contributed by atoms with Gasteiger partial charge in [0.25, 0.3) is 5.91 Å². The van der Waals surface area contributed by atoms with Crippen molar-refractivity contribution in [1.29, 1.82) is 0 Å². The van der Waals surface area contributed by atoms with Crippen LogP contribution >= 0.6 is 23.1 Å². The Labute approximate surface area is 150 Å². The summed E-state index contributed by atoms with van der Waals surface area (Å²) in [4.78, 5) is 18.2. The fraction of sp³-hybridized carbons (Fsp3) is 0.263. The van der Waals surface area contributed by atoms with Gasteiger partial charge in [-0.3, -0.25) is 10.1 Å². The number of amides is 1. The highest BCUT2D eigenvalue weighted by atomic mass is 32.2. The average Bonchev–Trinajstić information content (AvgIpc) is 2.90. The van der Waals surface area contributed by atoms with Crippen LogP contribution in [0.15, 0.2) is 41.3 Å². The monoisotopic (exact) mass is 356 g/mol. The van der Waals surface area contributed by atoms with Crippen molar-refractivity contribution >= 4 is 44.4 Å². The summed E-state index contributed by atoms with van der Waals surface area (Å²) < 4.78 is 1.10. The van der Waals surface area contributed by atoms with Crippen molar-refractivity contribution in [1.82, 2.24) is 4.98 Å². The predicted octanol–water partition coefficient (Wildman–Crippen LogP) is 5.67. The number of hydrogen-bond donors (Lipinski definition) is 1. The van der Waals surface area contributed by atoms with Crippen molar-refractivity contribution in [2.75, 3.05) is 5.32 Å². The number of nitrogens with zero attached hydrogens (tertiary/aromatic N) is 1. The number of aromatic nitrogens is 1. The maximum absolute atomic E-state index is 12.4. The number of benzene rings is 2. The molecule has 0 spiro atoms. The Morgan fingerprint density at radius 1 is 1.17 bits per heavy atom. The van der Waals surface area contributed by atoms with Crippen LogP contribution in [-0.4, -0.2) is 16.1 Å². The van der Waals surface area contributed by atoms with Crippen LogP contribution in [0.3, 0.4) is 0 Å². The molecular weight excluding hydrogens is 336 g/mol. The van der Waals surface area contributed by atoms with Crippen molar-refractivity contribution < 1.29 is 4.79 Å². The van der Waals surface area contributed by atoms with E-state index in [1.165, 1.54) is 21.8 Å². The van der Waals surface area contributed by atoms with E-state index in [1.54, 1.807) is 11.8 Å². The van der Waals surface area contributed by atoms with Gasteiger partial charge >= 0.3 is 0 Å². The number of thioether (sulfide) groups is 1. The summed E-state index contributed by atoms with van der Waals surface area (Å²) in [5.41, 5.74) is 3.96. The van der Waals surface area contributed by atoms with Gasteiger partial charge in [-0.25, -0.2) is 4.98 Å². The lowest BCUT2D eigenvalue weighted by molar-refractivity contribution is 0.102. The first kappa shape index (κ1) is 17.0. The van der Waals surface area contributed by atoms with Gasteiger partial charge in [-0.1, -0.05) is 31.3 Å². The fourth-order valence-corrected chi connectivity index (χ4v) is 4.43. The third-order valence-electron chi connectivity index (χ3n) is 3.54. The van der Waals surface area contributed by atoms with Gasteiger partial charge in [0, 0.05) is 15.7 Å². The van der Waals surface area contributed by atoms with Crippen LogP contribution in [0.4, 0.5) is 5.13 Å². The summed E-state index contributed by atoms with van der Waals surface area (Å²) >= 11 is 3.30. The van der Waals surface area contributed by atoms with Gasteiger partial charge in [0.1, 0.15) is 0 Å². The van der Waals surface area contributed by atoms with Crippen molar-refractivity contribution in [3.8, 4) is 0 Å². The number of carbonyl (C=O) groups excluding carboxylic acids is 1. The molecule has 2 aromatic carbocycles. The van der Waals surface area contributed by atoms with Crippen LogP contribution in [0.25, 0.3) is 10.2 Å². The van der Waals surface area contributed by atoms with Crippen molar-refractivity contribution in [2.24, 2.45) is 0 Å². The normalized spacial score (nSPS) is 11.2. The molecule has 3 aromatic rings. The minimum Gasteiger partial charge on any atom is -0.298 e. The maximum atomic E-state index is 12.4. The third kappa shape index (κ3) is 3.79. The molecule has 24 heavy (non-hydrogen) atoms. The van der Waals surface area contributed by atoms with Crippen molar-refractivity contribution in [2.45, 2.75) is 37.8 Å². The zero-order valence-corrected chi connectivity index (χ0v) is 15.8. The first-order valence-corrected chi connectivity index (χ1v) is 9.58. The Kier molecular flexibility index (Phi) is 4.92. The highest BCUT2D eigenvalue weighted by Gasteiger charge is 2.11. The Hall–Kier alpha value is -1.85. The highest BCUT2D eigenvalue weighted by Crippen LogP contribution is 2.29. The Balaban J connectivity index is 1.78. The molecular formula is C19H20N2OS2. The molecule has 0 atom stereocenters. The first-order valence-electron chi connectivity index (χ1n) is 7.88. The summed E-state index contributed by atoms with van der Waals surface area (Å²) in [6.45, 7) is 8.43. The summed E-state index contributed by atoms with van der Waals surface area (Å²) in [6.07, 6.45) is 0. The van der Waals surface area contributed by atoms with Crippen LogP contribution in [0.1, 0.15) is 35.3 Å². The number of rotatable bonds is 4. The number of aryl methyl sites for hydroxylation is 2. The number of thiazole rings is 1. The average molecular weight is 357 g/mol. The molecule has 3 rings (SSSR count). The lowest BCUT2D eigenvalue weighted by atomic mass is 10.1. The quantitative estimate of drug-likeness (QED) is 0.613. The molecule has 0 aliphatic rings. The SMILES string of the molecule is Cc1cc(C)c2nc(NC(=O)c3ccc(SC(C)C)cc3)sc2c1. The number of hydrogen-bond acceptors (Lipinski definition) is 4. The summed E-state index contributed by atoms with van der Waals surface area (Å²) in [5, 5.41) is 4.09. The van der Waals surface area contributed by atoms with E-state index in [4.69, 9.17) is 0 Å². The van der Waals surface area contributed by atoms with Crippen molar-refractivity contribution in [3.63, 3.8) is 0 Å². The second-order valence-electron chi connectivity index (χ2n) is 6.09. The van der Waals surface area contributed by atoms with E-state index in [1.807, 2.05) is 31.2 Å². The molecule has 0 saturated heterocycles. The third-order valence-corrected chi connectivity index (χ3v) is 5.47. The maximum Gasteiger partial charge on any atom is 0.257 e. The molecule has 0 bridgehead atoms. The first-order chi connectivity index (χ1) is 11.4. The van der Waals surface area contributed by atoms with E-state index in [-0.39, 0.29) is 5.91 Å². The summed E-state index contributed by atoms with van der Waals surface area (Å²) in [7, 11) is 0. The van der Waals surface area contributed by atoms with Gasteiger partial charge in [0.05, 0.1) is 10.2 Å². The van der Waals surface area contributed by atoms with Crippen LogP contribution in [0.5, 0.6) is 0 Å². The molecule has 1 aromatic heterocycles. The molecule has 0 radical (unpaired) electrons. The molecule has 124 valence electrons. The molecule has 5 heteroatoms. The molecule has 0 fully saturated rings. The Morgan fingerprint density at radius 2 is 1.88 bits per heavy atom. The molecule has 0 aliphatic heterocycles. The zero-order valence-electron chi connectivity index (χ0n) is 14.2. The molecule has 0 aliphatic carbocycles. The summed E-state index contributed by atoms with van der Waals surface area (Å²) in [6, 6.07) is 11.9. The molecule has 3 nitrogen and oxygen atoms in total. The van der Waals surface area contributed by atoms with Crippen LogP contribution in [0, 0.1) is 13.8 Å². The zero-order chi connectivity index (χ0) is 17.3. The number of anilines is 1. The Bertz CT molecular complexity index is 882. The largest absolute Gasteiger partial charge is 0.298 e. The van der Waals surface area contributed by atoms with Gasteiger partial charge in [0.2, 0.25) is 0 Å². The van der Waals surface area contributed by atoms with E-state index in [2.05, 4.69) is 43.2 Å². The van der Waals surface area contributed by atoms with Crippen LogP contribution < -0.4 is 5.32 Å². The lowest BCUT2D eigenvalue weighted by Crippen LogP contribution is -2.11. The van der Waals surface area contributed by atoms with E-state index < -0.39 is 0 Å². The van der Waals surface area contributed by atoms with Gasteiger partial charge in [-0.15, -0.1) is 11.8 Å². The van der Waals surface area contributed by atoms with E-state index in [0.29, 0.717) is 15.9 Å². The topological polar surface area (TPSA) is 42.0 Å². The molecule has 1 heterocycles. The molecule has 1 amide bonds. The molecule has 0 unspecified atom stereocenters. The van der Waals surface area contributed by atoms with Crippen molar-refractivity contribution in [3.05, 3.63) is 53.1 Å². The summed E-state index contributed by atoms with van der Waals surface area (Å²) in [5.74, 6) is -0.121. The lowest BCUT2D eigenvalue weighted by Gasteiger charge is -2.06. The second kappa shape index (κ2) is 6.95. The van der Waals surface area contributed by atoms with Crippen LogP contribution in [0.2, 0.25) is 0 Å². The number of carbonyl (C=O) groups is 1. The number of fused-ring (bicyclic) bond motifs is 1. The predicted molar refractivity (Wildman–Crippen MR) is 104 cm³/mol. The Morgan fingerprint density at radius 3 is 2.54 bits per heavy atom. The molecule has 0 saturated carbocycles. The fourth-order valence-electron chi connectivity index (χ4n) is 2.55. The van der Waals surface area contributed by atoms with E-state index in [0.717, 1.165) is 15.8 Å². The van der Waals surface area contributed by atoms with Crippen LogP contribution in [-0.2, 0) is 0 Å². The number of nitrogens with one attached hydrogen (secondary N) is 1. The standard InChI is InChI=1S/C19H20N2OS2/c1-11(2)23-15-7-5-14(6-8-15)18(22)21-19-20-17-13(4)9-12(3)10-16(17)24-19/h5-11H,1-4H3,(H,20,21,22). The van der Waals surface area contributed by atoms with Gasteiger partial charge in [-0.05, 0) is 55.3 Å². The van der Waals surface area contributed by atoms with E-state index in [9.17, 15) is 4.79 Å². The second-order valence-corrected chi connectivity index (χ2v) is 8.77. The van der Waals surface area contributed by atoms with Gasteiger partial charge in [-0.2, -0.15) is 0 Å². The van der Waals surface area contributed by atoms with Gasteiger partial charge in [0.15, 0.2) is 5.13 Å². The highest BCUT2D eigenvalue weighted by molar-refractivity contribution is 7.99. The smallest absolute Gasteiger partial charge is 0.257 e. The molecule has 1 N–H and O–H groups in total. The van der Waals surface area contributed by atoms with E-state index >= 15 is 0 Å². The van der Waals surface area contributed by atoms with Gasteiger partial charge < -0.3 is 0 Å².